The second-order valence-corrected chi connectivity index (χ2v) is 5.15. The lowest BCUT2D eigenvalue weighted by atomic mass is 10.1. The summed E-state index contributed by atoms with van der Waals surface area (Å²) in [5.41, 5.74) is 3.45. The van der Waals surface area contributed by atoms with E-state index in [1.807, 2.05) is 55.5 Å². The van der Waals surface area contributed by atoms with Gasteiger partial charge in [-0.25, -0.2) is 0 Å². The highest BCUT2D eigenvalue weighted by Gasteiger charge is 2.02. The zero-order valence-electron chi connectivity index (χ0n) is 13.1. The number of carbonyl (C=O) groups excluding carboxylic acids is 1. The summed E-state index contributed by atoms with van der Waals surface area (Å²) in [5, 5.41) is 6.06. The van der Waals surface area contributed by atoms with Gasteiger partial charge in [0.05, 0.1) is 13.7 Å². The van der Waals surface area contributed by atoms with Gasteiger partial charge in [0.25, 0.3) is 0 Å². The molecule has 0 radical (unpaired) electrons. The monoisotopic (exact) mass is 298 g/mol. The fraction of sp³-hybridized carbons (Fsp3) is 0.278. The van der Waals surface area contributed by atoms with Gasteiger partial charge in [-0.15, -0.1) is 0 Å². The molecule has 4 heteroatoms. The molecule has 2 aromatic carbocycles. The Balaban J connectivity index is 1.70. The van der Waals surface area contributed by atoms with Gasteiger partial charge in [-0.3, -0.25) is 4.79 Å². The highest BCUT2D eigenvalue weighted by molar-refractivity contribution is 5.78. The van der Waals surface area contributed by atoms with Gasteiger partial charge >= 0.3 is 0 Å². The fourth-order valence-corrected chi connectivity index (χ4v) is 2.13. The number of aryl methyl sites for hydroxylation is 1. The Kier molecular flexibility index (Phi) is 5.98. The van der Waals surface area contributed by atoms with Crippen molar-refractivity contribution in [3.8, 4) is 5.75 Å². The number of benzene rings is 2. The van der Waals surface area contributed by atoms with E-state index < -0.39 is 0 Å². The average molecular weight is 298 g/mol. The zero-order valence-corrected chi connectivity index (χ0v) is 13.1. The summed E-state index contributed by atoms with van der Waals surface area (Å²) in [4.78, 5) is 11.8. The zero-order chi connectivity index (χ0) is 15.8. The van der Waals surface area contributed by atoms with E-state index in [1.165, 1.54) is 5.56 Å². The van der Waals surface area contributed by atoms with Crippen molar-refractivity contribution in [2.24, 2.45) is 0 Å². The molecule has 4 nitrogen and oxygen atoms in total. The van der Waals surface area contributed by atoms with Crippen molar-refractivity contribution in [3.63, 3.8) is 0 Å². The highest BCUT2D eigenvalue weighted by atomic mass is 16.5. The van der Waals surface area contributed by atoms with Crippen LogP contribution in [0.15, 0.2) is 48.5 Å². The SMILES string of the molecule is COc1ccc(CNCC(=O)NCc2ccccc2C)cc1. The fourth-order valence-electron chi connectivity index (χ4n) is 2.13. The minimum Gasteiger partial charge on any atom is -0.497 e. The van der Waals surface area contributed by atoms with Crippen molar-refractivity contribution in [2.45, 2.75) is 20.0 Å². The maximum Gasteiger partial charge on any atom is 0.234 e. The van der Waals surface area contributed by atoms with Crippen LogP contribution in [0.25, 0.3) is 0 Å². The first-order valence-corrected chi connectivity index (χ1v) is 7.34. The topological polar surface area (TPSA) is 50.4 Å². The van der Waals surface area contributed by atoms with Crippen LogP contribution in [-0.4, -0.2) is 19.6 Å². The summed E-state index contributed by atoms with van der Waals surface area (Å²) in [7, 11) is 1.64. The molecule has 0 heterocycles. The number of ether oxygens (including phenoxy) is 1. The molecule has 0 aliphatic heterocycles. The molecule has 0 aromatic heterocycles. The van der Waals surface area contributed by atoms with Gasteiger partial charge in [-0.05, 0) is 35.7 Å². The third-order valence-electron chi connectivity index (χ3n) is 3.51. The van der Waals surface area contributed by atoms with Crippen LogP contribution in [0.2, 0.25) is 0 Å². The van der Waals surface area contributed by atoms with Crippen LogP contribution < -0.4 is 15.4 Å². The summed E-state index contributed by atoms with van der Waals surface area (Å²) in [6.45, 7) is 3.57. The smallest absolute Gasteiger partial charge is 0.234 e. The van der Waals surface area contributed by atoms with Gasteiger partial charge < -0.3 is 15.4 Å². The lowest BCUT2D eigenvalue weighted by Gasteiger charge is -2.09. The minimum atomic E-state index is -0.00300. The molecular weight excluding hydrogens is 276 g/mol. The molecule has 0 spiro atoms. The quantitative estimate of drug-likeness (QED) is 0.825. The van der Waals surface area contributed by atoms with Crippen molar-refractivity contribution in [1.29, 1.82) is 0 Å². The van der Waals surface area contributed by atoms with Crippen molar-refractivity contribution < 1.29 is 9.53 Å². The molecule has 116 valence electrons. The van der Waals surface area contributed by atoms with Crippen LogP contribution in [0.4, 0.5) is 0 Å². The number of carbonyl (C=O) groups is 1. The number of hydrogen-bond acceptors (Lipinski definition) is 3. The summed E-state index contributed by atoms with van der Waals surface area (Å²) in [6, 6.07) is 15.8. The molecule has 0 aliphatic carbocycles. The molecule has 0 bridgehead atoms. The van der Waals surface area contributed by atoms with Crippen LogP contribution in [0.5, 0.6) is 5.75 Å². The normalized spacial score (nSPS) is 10.3. The molecule has 0 aliphatic rings. The molecular formula is C18H22N2O2. The van der Waals surface area contributed by atoms with Crippen molar-refractivity contribution >= 4 is 5.91 Å². The number of hydrogen-bond donors (Lipinski definition) is 2. The summed E-state index contributed by atoms with van der Waals surface area (Å²) >= 11 is 0. The number of methoxy groups -OCH3 is 1. The van der Waals surface area contributed by atoms with Gasteiger partial charge in [-0.2, -0.15) is 0 Å². The molecule has 2 rings (SSSR count). The second kappa shape index (κ2) is 8.20. The van der Waals surface area contributed by atoms with Gasteiger partial charge in [-0.1, -0.05) is 36.4 Å². The molecule has 2 aromatic rings. The minimum absolute atomic E-state index is 0.00300. The Morgan fingerprint density at radius 1 is 1.05 bits per heavy atom. The Hall–Kier alpha value is -2.33. The third kappa shape index (κ3) is 4.90. The van der Waals surface area contributed by atoms with E-state index in [9.17, 15) is 4.79 Å². The molecule has 2 N–H and O–H groups in total. The molecule has 0 unspecified atom stereocenters. The number of rotatable bonds is 7. The maximum atomic E-state index is 11.8. The Morgan fingerprint density at radius 2 is 1.77 bits per heavy atom. The van der Waals surface area contributed by atoms with Crippen LogP contribution in [-0.2, 0) is 17.9 Å². The third-order valence-corrected chi connectivity index (χ3v) is 3.51. The molecule has 0 atom stereocenters. The van der Waals surface area contributed by atoms with E-state index in [0.717, 1.165) is 16.9 Å². The standard InChI is InChI=1S/C18H22N2O2/c1-14-5-3-4-6-16(14)12-20-18(21)13-19-11-15-7-9-17(22-2)10-8-15/h3-10,19H,11-13H2,1-2H3,(H,20,21). The van der Waals surface area contributed by atoms with Crippen molar-refractivity contribution in [2.75, 3.05) is 13.7 Å². The second-order valence-electron chi connectivity index (χ2n) is 5.15. The van der Waals surface area contributed by atoms with Crippen LogP contribution >= 0.6 is 0 Å². The van der Waals surface area contributed by atoms with Crippen LogP contribution in [0.1, 0.15) is 16.7 Å². The Morgan fingerprint density at radius 3 is 2.45 bits per heavy atom. The largest absolute Gasteiger partial charge is 0.497 e. The molecule has 0 fully saturated rings. The number of nitrogens with one attached hydrogen (secondary N) is 2. The Labute approximate surface area is 131 Å². The van der Waals surface area contributed by atoms with Crippen LogP contribution in [0.3, 0.4) is 0 Å². The first kappa shape index (κ1) is 16.0. The Bertz CT molecular complexity index is 609. The van der Waals surface area contributed by atoms with E-state index in [0.29, 0.717) is 19.6 Å². The number of amides is 1. The van der Waals surface area contributed by atoms with E-state index in [2.05, 4.69) is 10.6 Å². The maximum absolute atomic E-state index is 11.8. The molecule has 0 saturated heterocycles. The predicted octanol–water partition coefficient (Wildman–Crippen LogP) is 2.41. The first-order valence-electron chi connectivity index (χ1n) is 7.34. The van der Waals surface area contributed by atoms with Gasteiger partial charge in [0.2, 0.25) is 5.91 Å². The van der Waals surface area contributed by atoms with Crippen LogP contribution in [0, 0.1) is 6.92 Å². The molecule has 1 amide bonds. The molecule has 22 heavy (non-hydrogen) atoms. The highest BCUT2D eigenvalue weighted by Crippen LogP contribution is 2.10. The van der Waals surface area contributed by atoms with Gasteiger partial charge in [0.15, 0.2) is 0 Å². The van der Waals surface area contributed by atoms with E-state index in [4.69, 9.17) is 4.74 Å². The lowest BCUT2D eigenvalue weighted by molar-refractivity contribution is -0.120. The van der Waals surface area contributed by atoms with Gasteiger partial charge in [0.1, 0.15) is 5.75 Å². The summed E-state index contributed by atoms with van der Waals surface area (Å²) < 4.78 is 5.11. The van der Waals surface area contributed by atoms with E-state index in [1.54, 1.807) is 7.11 Å². The van der Waals surface area contributed by atoms with E-state index >= 15 is 0 Å². The van der Waals surface area contributed by atoms with Gasteiger partial charge in [0, 0.05) is 13.1 Å². The lowest BCUT2D eigenvalue weighted by Crippen LogP contribution is -2.33. The first-order chi connectivity index (χ1) is 10.7. The van der Waals surface area contributed by atoms with Crippen molar-refractivity contribution in [3.05, 3.63) is 65.2 Å². The van der Waals surface area contributed by atoms with Crippen molar-refractivity contribution in [1.82, 2.24) is 10.6 Å². The summed E-state index contributed by atoms with van der Waals surface area (Å²) in [6.07, 6.45) is 0. The van der Waals surface area contributed by atoms with E-state index in [-0.39, 0.29) is 5.91 Å². The molecule has 0 saturated carbocycles. The average Bonchev–Trinajstić information content (AvgIpc) is 2.55. The predicted molar refractivity (Wildman–Crippen MR) is 87.7 cm³/mol. The summed E-state index contributed by atoms with van der Waals surface area (Å²) in [5.74, 6) is 0.830.